The smallest absolute Gasteiger partial charge is 0.410 e. The van der Waals surface area contributed by atoms with Gasteiger partial charge < -0.3 is 19.9 Å². The molecule has 1 aromatic carbocycles. The number of benzene rings is 1. The van der Waals surface area contributed by atoms with Crippen LogP contribution in [0.5, 0.6) is 0 Å². The van der Waals surface area contributed by atoms with Gasteiger partial charge in [-0.25, -0.2) is 9.59 Å². The van der Waals surface area contributed by atoms with Crippen LogP contribution < -0.4 is 5.32 Å². The van der Waals surface area contributed by atoms with E-state index < -0.39 is 41.3 Å². The van der Waals surface area contributed by atoms with E-state index >= 15 is 0 Å². The van der Waals surface area contributed by atoms with Crippen molar-refractivity contribution in [1.29, 1.82) is 0 Å². The monoisotopic (exact) mass is 448 g/mol. The van der Waals surface area contributed by atoms with Gasteiger partial charge in [-0.1, -0.05) is 49.6 Å². The predicted octanol–water partition coefficient (Wildman–Crippen LogP) is 2.82. The number of hydrogen-bond acceptors (Lipinski definition) is 6. The predicted molar refractivity (Wildman–Crippen MR) is 120 cm³/mol. The van der Waals surface area contributed by atoms with E-state index in [1.54, 1.807) is 20.8 Å². The fourth-order valence-electron chi connectivity index (χ4n) is 3.93. The Morgan fingerprint density at radius 2 is 1.72 bits per heavy atom. The molecule has 1 aliphatic rings. The zero-order chi connectivity index (χ0) is 23.9. The summed E-state index contributed by atoms with van der Waals surface area (Å²) in [5.74, 6) is -1.27. The van der Waals surface area contributed by atoms with Gasteiger partial charge in [-0.15, -0.1) is 0 Å². The van der Waals surface area contributed by atoms with Gasteiger partial charge in [0.15, 0.2) is 6.04 Å². The molecular formula is C24H36N2O6. The minimum atomic E-state index is -1.39. The molecule has 2 amide bonds. The van der Waals surface area contributed by atoms with Crippen molar-refractivity contribution in [2.75, 3.05) is 14.2 Å². The summed E-state index contributed by atoms with van der Waals surface area (Å²) in [6.45, 7) is 5.24. The second kappa shape index (κ2) is 10.8. The number of aliphatic hydroxyl groups is 1. The Kier molecular flexibility index (Phi) is 8.66. The molecule has 32 heavy (non-hydrogen) atoms. The highest BCUT2D eigenvalue weighted by Gasteiger charge is 2.45. The topological polar surface area (TPSA) is 105 Å². The fourth-order valence-corrected chi connectivity index (χ4v) is 3.93. The summed E-state index contributed by atoms with van der Waals surface area (Å²) in [6.07, 6.45) is 2.81. The maximum Gasteiger partial charge on any atom is 0.410 e. The highest BCUT2D eigenvalue weighted by Crippen LogP contribution is 2.31. The number of hydrogen-bond donors (Lipinski definition) is 2. The summed E-state index contributed by atoms with van der Waals surface area (Å²) < 4.78 is 10.3. The average Bonchev–Trinajstić information content (AvgIpc) is 2.74. The molecule has 0 radical (unpaired) electrons. The third-order valence-electron chi connectivity index (χ3n) is 5.70. The van der Waals surface area contributed by atoms with E-state index in [0.717, 1.165) is 24.8 Å². The van der Waals surface area contributed by atoms with Crippen LogP contribution >= 0.6 is 0 Å². The number of esters is 1. The molecule has 0 bridgehead atoms. The second-order valence-electron chi connectivity index (χ2n) is 9.43. The molecule has 1 saturated carbocycles. The molecule has 8 nitrogen and oxygen atoms in total. The number of nitrogens with one attached hydrogen (secondary N) is 1. The van der Waals surface area contributed by atoms with Gasteiger partial charge in [0.1, 0.15) is 11.6 Å². The van der Waals surface area contributed by atoms with Crippen molar-refractivity contribution in [2.45, 2.75) is 82.6 Å². The van der Waals surface area contributed by atoms with Gasteiger partial charge in [-0.3, -0.25) is 9.69 Å². The molecule has 1 aromatic rings. The average molecular weight is 449 g/mol. The Morgan fingerprint density at radius 1 is 1.12 bits per heavy atom. The van der Waals surface area contributed by atoms with Crippen molar-refractivity contribution in [3.63, 3.8) is 0 Å². The molecule has 2 atom stereocenters. The Bertz CT molecular complexity index is 783. The maximum atomic E-state index is 13.4. The summed E-state index contributed by atoms with van der Waals surface area (Å²) in [4.78, 5) is 39.9. The van der Waals surface area contributed by atoms with Crippen LogP contribution in [0.4, 0.5) is 4.79 Å². The third kappa shape index (κ3) is 6.95. The first-order valence-electron chi connectivity index (χ1n) is 11.1. The molecule has 178 valence electrons. The number of rotatable bonds is 7. The molecule has 2 rings (SSSR count). The zero-order valence-electron chi connectivity index (χ0n) is 19.7. The molecule has 2 unspecified atom stereocenters. The van der Waals surface area contributed by atoms with E-state index in [0.29, 0.717) is 12.8 Å². The summed E-state index contributed by atoms with van der Waals surface area (Å²) in [7, 11) is 2.71. The Labute approximate surface area is 190 Å². The van der Waals surface area contributed by atoms with E-state index in [1.165, 1.54) is 19.1 Å². The largest absolute Gasteiger partial charge is 0.467 e. The van der Waals surface area contributed by atoms with Gasteiger partial charge in [0.05, 0.1) is 12.7 Å². The second-order valence-corrected chi connectivity index (χ2v) is 9.43. The van der Waals surface area contributed by atoms with E-state index in [9.17, 15) is 19.5 Å². The van der Waals surface area contributed by atoms with Crippen LogP contribution in [0.25, 0.3) is 0 Å². The molecule has 1 aliphatic carbocycles. The lowest BCUT2D eigenvalue weighted by Gasteiger charge is -2.39. The van der Waals surface area contributed by atoms with Crippen LogP contribution in [0.15, 0.2) is 30.3 Å². The van der Waals surface area contributed by atoms with Crippen molar-refractivity contribution < 1.29 is 29.0 Å². The first kappa shape index (κ1) is 25.6. The Morgan fingerprint density at radius 3 is 2.25 bits per heavy atom. The molecular weight excluding hydrogens is 412 g/mol. The summed E-state index contributed by atoms with van der Waals surface area (Å²) >= 11 is 0. The van der Waals surface area contributed by atoms with E-state index in [4.69, 9.17) is 9.47 Å². The molecule has 0 saturated heterocycles. The number of methoxy groups -OCH3 is 1. The van der Waals surface area contributed by atoms with Gasteiger partial charge in [0.25, 0.3) is 0 Å². The fraction of sp³-hybridized carbons (Fsp3) is 0.625. The number of carbonyl (C=O) groups excluding carboxylic acids is 3. The summed E-state index contributed by atoms with van der Waals surface area (Å²) in [5.41, 5.74) is -1.28. The van der Waals surface area contributed by atoms with Crippen LogP contribution in [0.1, 0.15) is 58.4 Å². The van der Waals surface area contributed by atoms with E-state index in [2.05, 4.69) is 5.32 Å². The molecule has 1 fully saturated rings. The number of carbonyl (C=O) groups is 3. The van der Waals surface area contributed by atoms with Crippen molar-refractivity contribution >= 4 is 18.0 Å². The van der Waals surface area contributed by atoms with Gasteiger partial charge in [-0.2, -0.15) is 0 Å². The molecule has 8 heteroatoms. The third-order valence-corrected chi connectivity index (χ3v) is 5.70. The molecule has 0 aromatic heterocycles. The van der Waals surface area contributed by atoms with Gasteiger partial charge in [0.2, 0.25) is 5.91 Å². The normalized spacial score (nSPS) is 17.6. The molecule has 0 spiro atoms. The minimum Gasteiger partial charge on any atom is -0.467 e. The Balaban J connectivity index is 2.30. The minimum absolute atomic E-state index is 0.217. The number of ether oxygens (including phenoxy) is 2. The van der Waals surface area contributed by atoms with Crippen molar-refractivity contribution in [3.8, 4) is 0 Å². The SMILES string of the molecule is COC(=O)C(NC(=O)C(Cc1ccccc1)N(C)C(=O)OC(C)(C)C)C1(O)CCCCC1. The van der Waals surface area contributed by atoms with Crippen molar-refractivity contribution in [2.24, 2.45) is 0 Å². The van der Waals surface area contributed by atoms with Crippen LogP contribution in [0.3, 0.4) is 0 Å². The number of nitrogens with zero attached hydrogens (tertiary/aromatic N) is 1. The first-order chi connectivity index (χ1) is 15.0. The Hall–Kier alpha value is -2.61. The van der Waals surface area contributed by atoms with Gasteiger partial charge in [-0.05, 0) is 39.2 Å². The van der Waals surface area contributed by atoms with Gasteiger partial charge >= 0.3 is 12.1 Å². The summed E-state index contributed by atoms with van der Waals surface area (Å²) in [6, 6.07) is 7.10. The molecule has 0 heterocycles. The first-order valence-corrected chi connectivity index (χ1v) is 11.1. The maximum absolute atomic E-state index is 13.4. The van der Waals surface area contributed by atoms with Crippen molar-refractivity contribution in [3.05, 3.63) is 35.9 Å². The van der Waals surface area contributed by atoms with Crippen LogP contribution in [0, 0.1) is 0 Å². The lowest BCUT2D eigenvalue weighted by molar-refractivity contribution is -0.156. The lowest BCUT2D eigenvalue weighted by Crippen LogP contribution is -2.61. The zero-order valence-corrected chi connectivity index (χ0v) is 19.7. The van der Waals surface area contributed by atoms with E-state index in [-0.39, 0.29) is 6.42 Å². The van der Waals surface area contributed by atoms with Crippen LogP contribution in [-0.4, -0.2) is 65.4 Å². The van der Waals surface area contributed by atoms with Crippen LogP contribution in [0.2, 0.25) is 0 Å². The summed E-state index contributed by atoms with van der Waals surface area (Å²) in [5, 5.41) is 13.8. The number of amides is 2. The molecule has 2 N–H and O–H groups in total. The quantitative estimate of drug-likeness (QED) is 0.622. The molecule has 0 aliphatic heterocycles. The van der Waals surface area contributed by atoms with Crippen LogP contribution in [-0.2, 0) is 25.5 Å². The standard InChI is InChI=1S/C24H36N2O6/c1-23(2,3)32-22(29)26(4)18(16-17-12-8-6-9-13-17)20(27)25-19(21(28)31-5)24(30)14-10-7-11-15-24/h6,8-9,12-13,18-19,30H,7,10-11,14-16H2,1-5H3,(H,25,27). The van der Waals surface area contributed by atoms with Gasteiger partial charge in [0, 0.05) is 13.5 Å². The van der Waals surface area contributed by atoms with E-state index in [1.807, 2.05) is 30.3 Å². The highest BCUT2D eigenvalue weighted by atomic mass is 16.6. The highest BCUT2D eigenvalue weighted by molar-refractivity contribution is 5.90. The lowest BCUT2D eigenvalue weighted by atomic mass is 9.79. The van der Waals surface area contributed by atoms with Crippen molar-refractivity contribution in [1.82, 2.24) is 10.2 Å². The number of likely N-dealkylation sites (N-methyl/N-ethyl adjacent to an activating group) is 1.